The topological polar surface area (TPSA) is 37.8 Å². The quantitative estimate of drug-likeness (QED) is 0.576. The zero-order valence-electron chi connectivity index (χ0n) is 6.84. The summed E-state index contributed by atoms with van der Waals surface area (Å²) < 4.78 is 0. The average Bonchev–Trinajstić information content (AvgIpc) is 1.99. The minimum absolute atomic E-state index is 0.265. The van der Waals surface area contributed by atoms with Crippen molar-refractivity contribution >= 4 is 17.4 Å². The summed E-state index contributed by atoms with van der Waals surface area (Å²) in [6.45, 7) is 6.12. The van der Waals surface area contributed by atoms with E-state index in [4.69, 9.17) is 11.6 Å². The normalized spacial score (nSPS) is 9.50. The fraction of sp³-hybridized carbons (Fsp3) is 0.250. The minimum atomic E-state index is 0.265. The largest absolute Gasteiger partial charge is 0.366 e. The molecule has 1 aromatic rings. The van der Waals surface area contributed by atoms with Crippen LogP contribution in [-0.2, 0) is 0 Å². The Morgan fingerprint density at radius 3 is 3.00 bits per heavy atom. The first-order valence-electron chi connectivity index (χ1n) is 3.58. The summed E-state index contributed by atoms with van der Waals surface area (Å²) in [7, 11) is 0. The van der Waals surface area contributed by atoms with Gasteiger partial charge in [-0.3, -0.25) is 0 Å². The standard InChI is InChI=1S/C8H10ClN3/c1-3-4-10-7-5-6(2)11-8(9)12-7/h3,5H,1,4H2,2H3,(H,10,11,12). The van der Waals surface area contributed by atoms with Crippen LogP contribution in [-0.4, -0.2) is 16.5 Å². The SMILES string of the molecule is C=CCNc1cc(C)nc(Cl)n1. The van der Waals surface area contributed by atoms with Crippen LogP contribution in [0.15, 0.2) is 18.7 Å². The molecule has 0 aliphatic rings. The van der Waals surface area contributed by atoms with E-state index >= 15 is 0 Å². The first-order valence-corrected chi connectivity index (χ1v) is 3.96. The second-order valence-corrected chi connectivity index (χ2v) is 2.67. The Morgan fingerprint density at radius 2 is 2.42 bits per heavy atom. The van der Waals surface area contributed by atoms with Crippen LogP contribution in [0.5, 0.6) is 0 Å². The molecule has 0 radical (unpaired) electrons. The van der Waals surface area contributed by atoms with Gasteiger partial charge in [-0.1, -0.05) is 6.08 Å². The molecule has 0 aromatic carbocycles. The highest BCUT2D eigenvalue weighted by atomic mass is 35.5. The first kappa shape index (κ1) is 9.00. The summed E-state index contributed by atoms with van der Waals surface area (Å²) in [4.78, 5) is 7.90. The Bertz CT molecular complexity index is 265. The van der Waals surface area contributed by atoms with Crippen molar-refractivity contribution in [1.82, 2.24) is 9.97 Å². The van der Waals surface area contributed by atoms with Gasteiger partial charge in [0.25, 0.3) is 0 Å². The molecule has 0 saturated heterocycles. The van der Waals surface area contributed by atoms with Crippen LogP contribution >= 0.6 is 11.6 Å². The molecule has 3 nitrogen and oxygen atoms in total. The summed E-state index contributed by atoms with van der Waals surface area (Å²) in [5, 5.41) is 3.29. The maximum atomic E-state index is 5.64. The third-order valence-electron chi connectivity index (χ3n) is 1.25. The van der Waals surface area contributed by atoms with Gasteiger partial charge in [0, 0.05) is 18.3 Å². The van der Waals surface area contributed by atoms with Crippen molar-refractivity contribution in [2.45, 2.75) is 6.92 Å². The lowest BCUT2D eigenvalue weighted by atomic mass is 10.4. The molecule has 64 valence electrons. The van der Waals surface area contributed by atoms with E-state index in [-0.39, 0.29) is 5.28 Å². The van der Waals surface area contributed by atoms with Crippen LogP contribution in [0.4, 0.5) is 5.82 Å². The lowest BCUT2D eigenvalue weighted by Gasteiger charge is -2.02. The third kappa shape index (κ3) is 2.51. The van der Waals surface area contributed by atoms with Crippen LogP contribution in [0.1, 0.15) is 5.69 Å². The fourth-order valence-electron chi connectivity index (χ4n) is 0.800. The van der Waals surface area contributed by atoms with Gasteiger partial charge in [-0.2, -0.15) is 0 Å². The molecular formula is C8H10ClN3. The first-order chi connectivity index (χ1) is 5.72. The summed E-state index contributed by atoms with van der Waals surface area (Å²) in [6.07, 6.45) is 1.76. The van der Waals surface area contributed by atoms with Crippen LogP contribution in [0.2, 0.25) is 5.28 Å². The predicted molar refractivity (Wildman–Crippen MR) is 50.5 cm³/mol. The Morgan fingerprint density at radius 1 is 1.67 bits per heavy atom. The van der Waals surface area contributed by atoms with E-state index in [9.17, 15) is 0 Å². The van der Waals surface area contributed by atoms with Gasteiger partial charge in [0.05, 0.1) is 0 Å². The van der Waals surface area contributed by atoms with Crippen LogP contribution in [0, 0.1) is 6.92 Å². The lowest BCUT2D eigenvalue weighted by molar-refractivity contribution is 1.09. The molecule has 1 aromatic heterocycles. The van der Waals surface area contributed by atoms with E-state index in [1.165, 1.54) is 0 Å². The van der Waals surface area contributed by atoms with E-state index in [0.717, 1.165) is 11.5 Å². The smallest absolute Gasteiger partial charge is 0.224 e. The zero-order valence-corrected chi connectivity index (χ0v) is 7.60. The molecule has 0 saturated carbocycles. The van der Waals surface area contributed by atoms with Crippen molar-refractivity contribution in [3.63, 3.8) is 0 Å². The van der Waals surface area contributed by atoms with Crippen LogP contribution < -0.4 is 5.32 Å². The molecule has 1 N–H and O–H groups in total. The van der Waals surface area contributed by atoms with Gasteiger partial charge in [0.1, 0.15) is 5.82 Å². The number of hydrogen-bond donors (Lipinski definition) is 1. The van der Waals surface area contributed by atoms with Gasteiger partial charge < -0.3 is 5.32 Å². The zero-order chi connectivity index (χ0) is 8.97. The van der Waals surface area contributed by atoms with Gasteiger partial charge in [0.15, 0.2) is 0 Å². The molecule has 0 amide bonds. The van der Waals surface area contributed by atoms with Gasteiger partial charge in [-0.25, -0.2) is 9.97 Å². The van der Waals surface area contributed by atoms with E-state index < -0.39 is 0 Å². The number of hydrogen-bond acceptors (Lipinski definition) is 3. The van der Waals surface area contributed by atoms with Gasteiger partial charge >= 0.3 is 0 Å². The molecule has 0 spiro atoms. The molecular weight excluding hydrogens is 174 g/mol. The van der Waals surface area contributed by atoms with Crippen molar-refractivity contribution in [1.29, 1.82) is 0 Å². The van der Waals surface area contributed by atoms with Crippen molar-refractivity contribution in [2.24, 2.45) is 0 Å². The number of rotatable bonds is 3. The van der Waals surface area contributed by atoms with Gasteiger partial charge in [-0.05, 0) is 18.5 Å². The number of halogens is 1. The molecule has 0 unspecified atom stereocenters. The maximum Gasteiger partial charge on any atom is 0.224 e. The van der Waals surface area contributed by atoms with Crippen molar-refractivity contribution < 1.29 is 0 Å². The Labute approximate surface area is 76.5 Å². The Hall–Kier alpha value is -1.09. The van der Waals surface area contributed by atoms with Gasteiger partial charge in [0.2, 0.25) is 5.28 Å². The Balaban J connectivity index is 2.78. The predicted octanol–water partition coefficient (Wildman–Crippen LogP) is 2.04. The molecule has 1 rings (SSSR count). The highest BCUT2D eigenvalue weighted by Crippen LogP contribution is 2.08. The monoisotopic (exact) mass is 183 g/mol. The molecule has 0 fully saturated rings. The lowest BCUT2D eigenvalue weighted by Crippen LogP contribution is -2.01. The molecule has 12 heavy (non-hydrogen) atoms. The average molecular weight is 184 g/mol. The fourth-order valence-corrected chi connectivity index (χ4v) is 1.02. The van der Waals surface area contributed by atoms with E-state index in [2.05, 4.69) is 21.9 Å². The highest BCUT2D eigenvalue weighted by molar-refractivity contribution is 6.28. The van der Waals surface area contributed by atoms with Gasteiger partial charge in [-0.15, -0.1) is 6.58 Å². The third-order valence-corrected chi connectivity index (χ3v) is 1.42. The minimum Gasteiger partial charge on any atom is -0.366 e. The second kappa shape index (κ2) is 4.07. The van der Waals surface area contributed by atoms with Crippen molar-refractivity contribution in [3.8, 4) is 0 Å². The number of aromatic nitrogens is 2. The molecule has 4 heteroatoms. The summed E-state index contributed by atoms with van der Waals surface area (Å²) >= 11 is 5.64. The molecule has 0 bridgehead atoms. The number of nitrogens with zero attached hydrogens (tertiary/aromatic N) is 2. The molecule has 1 heterocycles. The van der Waals surface area contributed by atoms with Crippen LogP contribution in [0.25, 0.3) is 0 Å². The molecule has 0 aliphatic carbocycles. The maximum absolute atomic E-state index is 5.64. The van der Waals surface area contributed by atoms with E-state index in [1.54, 1.807) is 6.08 Å². The highest BCUT2D eigenvalue weighted by Gasteiger charge is 1.97. The van der Waals surface area contributed by atoms with Crippen LogP contribution in [0.3, 0.4) is 0 Å². The molecule has 0 atom stereocenters. The number of anilines is 1. The number of nitrogens with one attached hydrogen (secondary N) is 1. The van der Waals surface area contributed by atoms with E-state index in [0.29, 0.717) is 6.54 Å². The Kier molecular flexibility index (Phi) is 3.05. The van der Waals surface area contributed by atoms with Crippen molar-refractivity contribution in [2.75, 3.05) is 11.9 Å². The second-order valence-electron chi connectivity index (χ2n) is 2.33. The summed E-state index contributed by atoms with van der Waals surface area (Å²) in [5.74, 6) is 0.729. The van der Waals surface area contributed by atoms with E-state index in [1.807, 2.05) is 13.0 Å². The van der Waals surface area contributed by atoms with Crippen molar-refractivity contribution in [3.05, 3.63) is 29.7 Å². The summed E-state index contributed by atoms with van der Waals surface area (Å²) in [6, 6.07) is 1.83. The molecule has 0 aliphatic heterocycles. The number of aryl methyl sites for hydroxylation is 1. The summed E-state index contributed by atoms with van der Waals surface area (Å²) in [5.41, 5.74) is 0.849.